The largest absolute Gasteiger partial charge is 0.398 e. The van der Waals surface area contributed by atoms with Gasteiger partial charge in [-0.2, -0.15) is 0 Å². The average Bonchev–Trinajstić information content (AvgIpc) is 2.34. The van der Waals surface area contributed by atoms with Crippen LogP contribution in [0.15, 0.2) is 40.9 Å². The predicted octanol–water partition coefficient (Wildman–Crippen LogP) is 4.59. The van der Waals surface area contributed by atoms with E-state index in [9.17, 15) is 4.79 Å². The smallest absolute Gasteiger partial charge is 0.257 e. The molecule has 3 N–H and O–H groups in total. The third-order valence-electron chi connectivity index (χ3n) is 2.46. The number of carbonyl (C=O) groups excluding carboxylic acids is 1. The molecule has 0 atom stereocenters. The maximum atomic E-state index is 12.1. The molecule has 0 aliphatic rings. The number of carbonyl (C=O) groups is 1. The Balaban J connectivity index is 2.28. The van der Waals surface area contributed by atoms with Crippen molar-refractivity contribution in [2.45, 2.75) is 0 Å². The third-order valence-corrected chi connectivity index (χ3v) is 3.77. The zero-order chi connectivity index (χ0) is 14.0. The second kappa shape index (κ2) is 5.82. The molecule has 6 heteroatoms. The van der Waals surface area contributed by atoms with Gasteiger partial charge in [-0.05, 0) is 30.3 Å². The fourth-order valence-electron chi connectivity index (χ4n) is 1.53. The fourth-order valence-corrected chi connectivity index (χ4v) is 2.26. The van der Waals surface area contributed by atoms with E-state index in [0.717, 1.165) is 4.47 Å². The van der Waals surface area contributed by atoms with Gasteiger partial charge in [0.05, 0.1) is 21.3 Å². The SMILES string of the molecule is Nc1cc(Br)ccc1C(=O)Nc1cccc(Cl)c1Cl. The second-order valence-corrected chi connectivity index (χ2v) is 5.49. The summed E-state index contributed by atoms with van der Waals surface area (Å²) in [5.41, 5.74) is 6.99. The van der Waals surface area contributed by atoms with Gasteiger partial charge < -0.3 is 11.1 Å². The van der Waals surface area contributed by atoms with E-state index < -0.39 is 0 Å². The maximum absolute atomic E-state index is 12.1. The Morgan fingerprint density at radius 1 is 1.21 bits per heavy atom. The molecule has 0 bridgehead atoms. The van der Waals surface area contributed by atoms with Gasteiger partial charge >= 0.3 is 0 Å². The monoisotopic (exact) mass is 358 g/mol. The second-order valence-electron chi connectivity index (χ2n) is 3.79. The van der Waals surface area contributed by atoms with E-state index in [1.165, 1.54) is 0 Å². The Morgan fingerprint density at radius 2 is 1.95 bits per heavy atom. The number of hydrogen-bond donors (Lipinski definition) is 2. The number of nitrogens with two attached hydrogens (primary N) is 1. The standard InChI is InChI=1S/C13H9BrCl2N2O/c14-7-4-5-8(10(17)6-7)13(19)18-11-3-1-2-9(15)12(11)16/h1-6H,17H2,(H,18,19). The molecule has 2 aromatic carbocycles. The highest BCUT2D eigenvalue weighted by molar-refractivity contribution is 9.10. The van der Waals surface area contributed by atoms with E-state index >= 15 is 0 Å². The lowest BCUT2D eigenvalue weighted by Crippen LogP contribution is -2.14. The molecule has 1 amide bonds. The summed E-state index contributed by atoms with van der Waals surface area (Å²) in [6.07, 6.45) is 0. The van der Waals surface area contributed by atoms with E-state index in [0.29, 0.717) is 27.0 Å². The molecule has 0 aliphatic heterocycles. The van der Waals surface area contributed by atoms with Crippen molar-refractivity contribution in [1.29, 1.82) is 0 Å². The first kappa shape index (κ1) is 14.2. The number of anilines is 2. The van der Waals surface area contributed by atoms with Gasteiger partial charge in [0.1, 0.15) is 0 Å². The van der Waals surface area contributed by atoms with Gasteiger partial charge in [-0.1, -0.05) is 45.2 Å². The van der Waals surface area contributed by atoms with E-state index in [2.05, 4.69) is 21.2 Å². The molecule has 98 valence electrons. The van der Waals surface area contributed by atoms with Crippen molar-refractivity contribution in [3.63, 3.8) is 0 Å². The molecular weight excluding hydrogens is 351 g/mol. The first-order valence-corrected chi connectivity index (χ1v) is 6.84. The van der Waals surface area contributed by atoms with Crippen LogP contribution in [-0.4, -0.2) is 5.91 Å². The highest BCUT2D eigenvalue weighted by Gasteiger charge is 2.12. The van der Waals surface area contributed by atoms with Crippen LogP contribution in [0.2, 0.25) is 10.0 Å². The lowest BCUT2D eigenvalue weighted by molar-refractivity contribution is 0.102. The van der Waals surface area contributed by atoms with Crippen LogP contribution in [0, 0.1) is 0 Å². The van der Waals surface area contributed by atoms with E-state index in [4.69, 9.17) is 28.9 Å². The third kappa shape index (κ3) is 3.21. The topological polar surface area (TPSA) is 55.1 Å². The Kier molecular flexibility index (Phi) is 4.34. The summed E-state index contributed by atoms with van der Waals surface area (Å²) in [7, 11) is 0. The highest BCUT2D eigenvalue weighted by Crippen LogP contribution is 2.30. The predicted molar refractivity (Wildman–Crippen MR) is 83.0 cm³/mol. The van der Waals surface area contributed by atoms with Crippen molar-refractivity contribution in [3.05, 3.63) is 56.5 Å². The van der Waals surface area contributed by atoms with Crippen LogP contribution in [0.3, 0.4) is 0 Å². The van der Waals surface area contributed by atoms with Crippen molar-refractivity contribution in [3.8, 4) is 0 Å². The quantitative estimate of drug-likeness (QED) is 0.770. The first-order valence-electron chi connectivity index (χ1n) is 5.29. The van der Waals surface area contributed by atoms with Gasteiger partial charge in [0.25, 0.3) is 5.91 Å². The number of amides is 1. The Morgan fingerprint density at radius 3 is 2.63 bits per heavy atom. The molecule has 0 aliphatic carbocycles. The molecule has 0 saturated carbocycles. The molecule has 2 aromatic rings. The number of halogens is 3. The number of nitrogen functional groups attached to an aromatic ring is 1. The molecule has 3 nitrogen and oxygen atoms in total. The van der Waals surface area contributed by atoms with Crippen LogP contribution < -0.4 is 11.1 Å². The minimum Gasteiger partial charge on any atom is -0.398 e. The van der Waals surface area contributed by atoms with Gasteiger partial charge in [-0.15, -0.1) is 0 Å². The number of rotatable bonds is 2. The van der Waals surface area contributed by atoms with Crippen LogP contribution in [0.1, 0.15) is 10.4 Å². The lowest BCUT2D eigenvalue weighted by atomic mass is 10.1. The van der Waals surface area contributed by atoms with Crippen molar-refractivity contribution >= 4 is 56.4 Å². The molecule has 19 heavy (non-hydrogen) atoms. The van der Waals surface area contributed by atoms with Crippen LogP contribution in [-0.2, 0) is 0 Å². The zero-order valence-electron chi connectivity index (χ0n) is 9.58. The van der Waals surface area contributed by atoms with Crippen LogP contribution in [0.25, 0.3) is 0 Å². The molecule has 0 fully saturated rings. The van der Waals surface area contributed by atoms with Gasteiger partial charge in [0.2, 0.25) is 0 Å². The maximum Gasteiger partial charge on any atom is 0.257 e. The van der Waals surface area contributed by atoms with Crippen molar-refractivity contribution in [1.82, 2.24) is 0 Å². The molecule has 0 radical (unpaired) electrons. The minimum absolute atomic E-state index is 0.299. The number of nitrogens with one attached hydrogen (secondary N) is 1. The molecule has 0 unspecified atom stereocenters. The summed E-state index contributed by atoms with van der Waals surface area (Å²) in [4.78, 5) is 12.1. The van der Waals surface area contributed by atoms with Crippen molar-refractivity contribution < 1.29 is 4.79 Å². The van der Waals surface area contributed by atoms with Crippen LogP contribution in [0.5, 0.6) is 0 Å². The lowest BCUT2D eigenvalue weighted by Gasteiger charge is -2.10. The number of benzene rings is 2. The Labute approximate surface area is 128 Å². The first-order chi connectivity index (χ1) is 8.99. The Hall–Kier alpha value is -1.23. The summed E-state index contributed by atoms with van der Waals surface area (Å²) in [6.45, 7) is 0. The Bertz CT molecular complexity index is 647. The highest BCUT2D eigenvalue weighted by atomic mass is 79.9. The normalized spacial score (nSPS) is 10.3. The summed E-state index contributed by atoms with van der Waals surface area (Å²) in [5, 5.41) is 3.35. The molecule has 0 saturated heterocycles. The van der Waals surface area contributed by atoms with Gasteiger partial charge in [0, 0.05) is 10.2 Å². The summed E-state index contributed by atoms with van der Waals surface area (Å²) in [6, 6.07) is 10.1. The average molecular weight is 360 g/mol. The summed E-state index contributed by atoms with van der Waals surface area (Å²) < 4.78 is 0.808. The van der Waals surface area contributed by atoms with E-state index in [1.54, 1.807) is 36.4 Å². The minimum atomic E-state index is -0.339. The molecular formula is C13H9BrCl2N2O. The van der Waals surface area contributed by atoms with Crippen molar-refractivity contribution in [2.75, 3.05) is 11.1 Å². The zero-order valence-corrected chi connectivity index (χ0v) is 12.7. The number of hydrogen-bond acceptors (Lipinski definition) is 2. The molecule has 0 heterocycles. The van der Waals surface area contributed by atoms with E-state index in [-0.39, 0.29) is 5.91 Å². The summed E-state index contributed by atoms with van der Waals surface area (Å²) in [5.74, 6) is -0.339. The van der Waals surface area contributed by atoms with Gasteiger partial charge in [-0.3, -0.25) is 4.79 Å². The van der Waals surface area contributed by atoms with Crippen LogP contribution >= 0.6 is 39.1 Å². The van der Waals surface area contributed by atoms with Gasteiger partial charge in [0.15, 0.2) is 0 Å². The fraction of sp³-hybridized carbons (Fsp3) is 0. The molecule has 0 aromatic heterocycles. The van der Waals surface area contributed by atoms with Gasteiger partial charge in [-0.25, -0.2) is 0 Å². The van der Waals surface area contributed by atoms with Crippen LogP contribution in [0.4, 0.5) is 11.4 Å². The molecule has 0 spiro atoms. The molecule has 2 rings (SSSR count). The van der Waals surface area contributed by atoms with E-state index in [1.807, 2.05) is 0 Å². The summed E-state index contributed by atoms with van der Waals surface area (Å²) >= 11 is 15.2. The van der Waals surface area contributed by atoms with Crippen molar-refractivity contribution in [2.24, 2.45) is 0 Å².